The summed E-state index contributed by atoms with van der Waals surface area (Å²) in [4.78, 5) is 39.2. The largest absolute Gasteiger partial charge is 0.465 e. The molecule has 1 amide bonds. The number of benzene rings is 3. The van der Waals surface area contributed by atoms with Crippen molar-refractivity contribution in [2.75, 3.05) is 13.7 Å². The highest BCUT2D eigenvalue weighted by Gasteiger charge is 2.28. The molecule has 6 heteroatoms. The molecule has 5 nitrogen and oxygen atoms in total. The number of nitrogens with zero attached hydrogens (tertiary/aromatic N) is 1. The topological polar surface area (TPSA) is 63.7 Å². The van der Waals surface area contributed by atoms with Gasteiger partial charge >= 0.3 is 5.97 Å². The van der Waals surface area contributed by atoms with Gasteiger partial charge in [0.2, 0.25) is 5.91 Å². The van der Waals surface area contributed by atoms with E-state index in [0.717, 1.165) is 53.8 Å². The number of unbranched alkanes of at least 4 members (excludes halogenated alkanes) is 1. The van der Waals surface area contributed by atoms with E-state index >= 15 is 0 Å². The van der Waals surface area contributed by atoms with Crippen LogP contribution in [-0.4, -0.2) is 42.3 Å². The van der Waals surface area contributed by atoms with Gasteiger partial charge in [-0.2, -0.15) is 0 Å². The van der Waals surface area contributed by atoms with Gasteiger partial charge in [0.15, 0.2) is 5.78 Å². The third-order valence-electron chi connectivity index (χ3n) is 7.41. The number of amides is 1. The molecule has 40 heavy (non-hydrogen) atoms. The van der Waals surface area contributed by atoms with Gasteiger partial charge in [-0.1, -0.05) is 67.4 Å². The Morgan fingerprint density at radius 2 is 1.80 bits per heavy atom. The summed E-state index contributed by atoms with van der Waals surface area (Å²) in [7, 11) is 1.37. The molecule has 0 aliphatic carbocycles. The van der Waals surface area contributed by atoms with Crippen LogP contribution in [0.3, 0.4) is 0 Å². The van der Waals surface area contributed by atoms with Crippen LogP contribution in [0.5, 0.6) is 0 Å². The lowest BCUT2D eigenvalue weighted by atomic mass is 9.94. The van der Waals surface area contributed by atoms with Crippen molar-refractivity contribution < 1.29 is 19.1 Å². The number of halogens is 1. The van der Waals surface area contributed by atoms with Gasteiger partial charge in [0.1, 0.15) is 0 Å². The van der Waals surface area contributed by atoms with Gasteiger partial charge < -0.3 is 9.64 Å². The number of methoxy groups -OCH3 is 1. The number of hydrogen-bond donors (Lipinski definition) is 0. The molecular formula is C34H36ClNO4. The second-order valence-electron chi connectivity index (χ2n) is 10.2. The van der Waals surface area contributed by atoms with E-state index < -0.39 is 0 Å². The molecule has 4 rings (SSSR count). The molecule has 1 heterocycles. The summed E-state index contributed by atoms with van der Waals surface area (Å²) >= 11 is 6.27. The molecule has 0 saturated carbocycles. The predicted octanol–water partition coefficient (Wildman–Crippen LogP) is 7.50. The first-order chi connectivity index (χ1) is 19.4. The summed E-state index contributed by atoms with van der Waals surface area (Å²) in [6.07, 6.45) is 9.39. The van der Waals surface area contributed by atoms with Crippen molar-refractivity contribution in [3.63, 3.8) is 0 Å². The first-order valence-corrected chi connectivity index (χ1v) is 14.4. The summed E-state index contributed by atoms with van der Waals surface area (Å²) in [5.41, 5.74) is 5.53. The summed E-state index contributed by atoms with van der Waals surface area (Å²) in [5.74, 6) is -0.310. The second kappa shape index (κ2) is 14.1. The lowest BCUT2D eigenvalue weighted by Gasteiger charge is -2.22. The molecule has 3 aromatic rings. The van der Waals surface area contributed by atoms with E-state index in [1.807, 2.05) is 65.6 Å². The number of carbonyl (C=O) groups is 3. The van der Waals surface area contributed by atoms with Gasteiger partial charge in [-0.05, 0) is 90.8 Å². The fourth-order valence-corrected chi connectivity index (χ4v) is 5.37. The van der Waals surface area contributed by atoms with Gasteiger partial charge in [-0.3, -0.25) is 9.59 Å². The SMILES string of the molecule is CCCCc1cc(Cl)ccc1-c1cccc(C(=O)/C=C/[C@H]2CCC(=O)N2CCCc2ccc(C(=O)OC)cc2)c1. The molecule has 1 aliphatic heterocycles. The van der Waals surface area contributed by atoms with Crippen LogP contribution in [0.25, 0.3) is 11.1 Å². The molecule has 1 saturated heterocycles. The van der Waals surface area contributed by atoms with E-state index in [1.54, 1.807) is 18.2 Å². The average Bonchev–Trinajstić information content (AvgIpc) is 3.33. The van der Waals surface area contributed by atoms with Crippen molar-refractivity contribution in [1.29, 1.82) is 0 Å². The fraction of sp³-hybridized carbons (Fsp3) is 0.324. The highest BCUT2D eigenvalue weighted by molar-refractivity contribution is 6.30. The maximum Gasteiger partial charge on any atom is 0.337 e. The monoisotopic (exact) mass is 557 g/mol. The molecule has 0 unspecified atom stereocenters. The zero-order valence-corrected chi connectivity index (χ0v) is 24.0. The zero-order chi connectivity index (χ0) is 28.5. The highest BCUT2D eigenvalue weighted by atomic mass is 35.5. The quantitative estimate of drug-likeness (QED) is 0.131. The molecule has 208 valence electrons. The fourth-order valence-electron chi connectivity index (χ4n) is 5.18. The van der Waals surface area contributed by atoms with E-state index in [2.05, 4.69) is 6.92 Å². The van der Waals surface area contributed by atoms with Crippen LogP contribution < -0.4 is 0 Å². The van der Waals surface area contributed by atoms with Crippen molar-refractivity contribution in [3.8, 4) is 11.1 Å². The minimum Gasteiger partial charge on any atom is -0.465 e. The van der Waals surface area contributed by atoms with Gasteiger partial charge in [0.25, 0.3) is 0 Å². The standard InChI is InChI=1S/C34H36ClNO4/c1-3-4-8-27-23-29(35)15-18-31(27)26-9-5-10-28(22-26)32(37)19-16-30-17-20-33(38)36(30)21-6-7-24-11-13-25(14-12-24)34(39)40-2/h5,9-16,18-19,22-23,30H,3-4,6-8,17,20-21H2,1-2H3/b19-16+/t30-/m0/s1. The minimum absolute atomic E-state index is 0.0732. The van der Waals surface area contributed by atoms with Crippen LogP contribution in [-0.2, 0) is 22.4 Å². The van der Waals surface area contributed by atoms with Crippen molar-refractivity contribution >= 4 is 29.3 Å². The minimum atomic E-state index is -0.355. The van der Waals surface area contributed by atoms with Crippen LogP contribution in [0.2, 0.25) is 5.02 Å². The number of esters is 1. The van der Waals surface area contributed by atoms with Crippen molar-refractivity contribution in [2.24, 2.45) is 0 Å². The van der Waals surface area contributed by atoms with E-state index in [1.165, 1.54) is 12.7 Å². The maximum atomic E-state index is 13.1. The first-order valence-electron chi connectivity index (χ1n) is 14.0. The Morgan fingerprint density at radius 3 is 2.55 bits per heavy atom. The molecule has 0 bridgehead atoms. The first kappa shape index (κ1) is 29.3. The predicted molar refractivity (Wildman–Crippen MR) is 160 cm³/mol. The molecular weight excluding hydrogens is 522 g/mol. The van der Waals surface area contributed by atoms with Crippen LogP contribution in [0.15, 0.2) is 78.9 Å². The number of ether oxygens (including phenoxy) is 1. The normalized spacial score (nSPS) is 15.1. The molecule has 1 aliphatic rings. The molecule has 1 fully saturated rings. The third-order valence-corrected chi connectivity index (χ3v) is 7.64. The lowest BCUT2D eigenvalue weighted by Crippen LogP contribution is -2.33. The van der Waals surface area contributed by atoms with Crippen molar-refractivity contribution in [1.82, 2.24) is 4.90 Å². The Labute approximate surface area is 241 Å². The van der Waals surface area contributed by atoms with E-state index in [4.69, 9.17) is 16.3 Å². The summed E-state index contributed by atoms with van der Waals surface area (Å²) in [6, 6.07) is 20.9. The Bertz CT molecular complexity index is 1380. The van der Waals surface area contributed by atoms with E-state index in [0.29, 0.717) is 30.5 Å². The van der Waals surface area contributed by atoms with Gasteiger partial charge in [0.05, 0.1) is 18.7 Å². The highest BCUT2D eigenvalue weighted by Crippen LogP contribution is 2.29. The molecule has 0 radical (unpaired) electrons. The Hall–Kier alpha value is -3.70. The van der Waals surface area contributed by atoms with Crippen molar-refractivity contribution in [3.05, 3.63) is 106 Å². The molecule has 0 aromatic heterocycles. The number of carbonyl (C=O) groups excluding carboxylic acids is 3. The summed E-state index contributed by atoms with van der Waals surface area (Å²) in [5, 5.41) is 0.720. The van der Waals surface area contributed by atoms with Crippen LogP contribution in [0, 0.1) is 0 Å². The summed E-state index contributed by atoms with van der Waals surface area (Å²) in [6.45, 7) is 2.79. The number of hydrogen-bond acceptors (Lipinski definition) is 4. The Balaban J connectivity index is 1.39. The number of rotatable bonds is 12. The molecule has 0 N–H and O–H groups in total. The Kier molecular flexibility index (Phi) is 10.3. The number of aryl methyl sites for hydroxylation is 2. The van der Waals surface area contributed by atoms with E-state index in [-0.39, 0.29) is 23.7 Å². The summed E-state index contributed by atoms with van der Waals surface area (Å²) < 4.78 is 4.75. The van der Waals surface area contributed by atoms with Crippen LogP contribution in [0.1, 0.15) is 70.9 Å². The second-order valence-corrected chi connectivity index (χ2v) is 10.6. The maximum absolute atomic E-state index is 13.1. The van der Waals surface area contributed by atoms with Crippen molar-refractivity contribution in [2.45, 2.75) is 57.9 Å². The molecule has 0 spiro atoms. The average molecular weight is 558 g/mol. The molecule has 3 aromatic carbocycles. The lowest BCUT2D eigenvalue weighted by molar-refractivity contribution is -0.128. The smallest absolute Gasteiger partial charge is 0.337 e. The zero-order valence-electron chi connectivity index (χ0n) is 23.2. The van der Waals surface area contributed by atoms with Gasteiger partial charge in [-0.15, -0.1) is 0 Å². The van der Waals surface area contributed by atoms with E-state index in [9.17, 15) is 14.4 Å². The Morgan fingerprint density at radius 1 is 1.00 bits per heavy atom. The number of ketones is 1. The molecule has 1 atom stereocenters. The van der Waals surface area contributed by atoms with Gasteiger partial charge in [-0.25, -0.2) is 4.79 Å². The third kappa shape index (κ3) is 7.48. The number of allylic oxidation sites excluding steroid dienone is 1. The van der Waals surface area contributed by atoms with Crippen LogP contribution >= 0.6 is 11.6 Å². The van der Waals surface area contributed by atoms with Crippen LogP contribution in [0.4, 0.5) is 0 Å². The number of likely N-dealkylation sites (tertiary alicyclic amines) is 1. The van der Waals surface area contributed by atoms with Gasteiger partial charge in [0, 0.05) is 23.6 Å².